The standard InChI is InChI=1S/C20H26Cl2N4O2.O2S/c1-4-26-19(14-11-23-16(21)9-15(14)28-3)17(22)18(25-26)20(27)24-10-13-7-5-12(2)6-8-13;1-3-2/h9,11-13H,4-8,10H2,1-3H3,(H,24,27);. The van der Waals surface area contributed by atoms with Crippen LogP contribution in [0.3, 0.4) is 0 Å². The number of hydrogen-bond donors (Lipinski definition) is 1. The Morgan fingerprint density at radius 3 is 2.52 bits per heavy atom. The molecule has 1 aliphatic carbocycles. The maximum absolute atomic E-state index is 12.8. The zero-order chi connectivity index (χ0) is 23.0. The number of aromatic nitrogens is 3. The van der Waals surface area contributed by atoms with Crippen molar-refractivity contribution >= 4 is 40.7 Å². The highest BCUT2D eigenvalue weighted by atomic mass is 35.5. The molecule has 2 aromatic rings. The molecule has 0 aromatic carbocycles. The first kappa shape index (κ1) is 25.3. The van der Waals surface area contributed by atoms with Gasteiger partial charge in [-0.1, -0.05) is 43.0 Å². The molecule has 170 valence electrons. The van der Waals surface area contributed by atoms with Crippen molar-refractivity contribution in [2.24, 2.45) is 11.8 Å². The molecule has 2 heterocycles. The van der Waals surface area contributed by atoms with E-state index in [0.717, 1.165) is 18.8 Å². The van der Waals surface area contributed by atoms with Gasteiger partial charge in [0.15, 0.2) is 5.69 Å². The third-order valence-electron chi connectivity index (χ3n) is 5.40. The summed E-state index contributed by atoms with van der Waals surface area (Å²) in [6, 6.07) is 1.62. The van der Waals surface area contributed by atoms with Gasteiger partial charge < -0.3 is 10.1 Å². The minimum absolute atomic E-state index is 0.222. The Kier molecular flexibility index (Phi) is 9.93. The number of halogens is 2. The van der Waals surface area contributed by atoms with E-state index in [2.05, 4.69) is 22.3 Å². The molecular formula is C20H26Cl2N4O4S. The maximum atomic E-state index is 12.8. The fraction of sp³-hybridized carbons (Fsp3) is 0.550. The van der Waals surface area contributed by atoms with Gasteiger partial charge in [0, 0.05) is 25.4 Å². The van der Waals surface area contributed by atoms with Crippen molar-refractivity contribution < 1.29 is 17.9 Å². The van der Waals surface area contributed by atoms with Crippen LogP contribution in [0.1, 0.15) is 50.0 Å². The number of nitrogens with zero attached hydrogens (tertiary/aromatic N) is 3. The molecule has 3 rings (SSSR count). The Hall–Kier alpha value is -1.97. The fourth-order valence-electron chi connectivity index (χ4n) is 3.69. The predicted octanol–water partition coefficient (Wildman–Crippen LogP) is 4.17. The highest BCUT2D eigenvalue weighted by molar-refractivity contribution is 7.51. The van der Waals surface area contributed by atoms with Crippen molar-refractivity contribution in [2.75, 3.05) is 13.7 Å². The van der Waals surface area contributed by atoms with E-state index in [9.17, 15) is 4.79 Å². The van der Waals surface area contributed by atoms with Gasteiger partial charge in [-0.3, -0.25) is 9.48 Å². The van der Waals surface area contributed by atoms with Gasteiger partial charge in [0.2, 0.25) is 0 Å². The fourth-order valence-corrected chi connectivity index (χ4v) is 4.16. The molecule has 1 amide bonds. The third-order valence-corrected chi connectivity index (χ3v) is 5.97. The van der Waals surface area contributed by atoms with Crippen molar-refractivity contribution in [3.8, 4) is 17.0 Å². The molecule has 0 atom stereocenters. The number of carbonyl (C=O) groups excluding carboxylic acids is 1. The average Bonchev–Trinajstić information content (AvgIpc) is 3.09. The summed E-state index contributed by atoms with van der Waals surface area (Å²) in [5, 5.41) is 8.05. The van der Waals surface area contributed by atoms with Crippen LogP contribution in [0, 0.1) is 11.8 Å². The van der Waals surface area contributed by atoms with E-state index in [1.165, 1.54) is 12.8 Å². The molecule has 1 N–H and O–H groups in total. The van der Waals surface area contributed by atoms with Crippen molar-refractivity contribution in [2.45, 2.75) is 46.1 Å². The summed E-state index contributed by atoms with van der Waals surface area (Å²) in [6.07, 6.45) is 6.33. The molecule has 11 heteroatoms. The molecule has 0 aliphatic heterocycles. The Morgan fingerprint density at radius 2 is 1.94 bits per heavy atom. The molecule has 0 saturated heterocycles. The van der Waals surface area contributed by atoms with Gasteiger partial charge in [-0.25, -0.2) is 4.98 Å². The van der Waals surface area contributed by atoms with E-state index in [1.807, 2.05) is 6.92 Å². The summed E-state index contributed by atoms with van der Waals surface area (Å²) >= 11 is 11.8. The van der Waals surface area contributed by atoms with Crippen LogP contribution < -0.4 is 10.1 Å². The average molecular weight is 489 g/mol. The zero-order valence-corrected chi connectivity index (χ0v) is 20.0. The van der Waals surface area contributed by atoms with Crippen LogP contribution in [0.25, 0.3) is 11.3 Å². The van der Waals surface area contributed by atoms with Crippen LogP contribution in [-0.4, -0.2) is 42.7 Å². The topological polar surface area (TPSA) is 103 Å². The molecule has 0 bridgehead atoms. The third kappa shape index (κ3) is 6.51. The number of rotatable bonds is 6. The second-order valence-electron chi connectivity index (χ2n) is 7.44. The molecule has 31 heavy (non-hydrogen) atoms. The second-order valence-corrected chi connectivity index (χ2v) is 8.34. The lowest BCUT2D eigenvalue weighted by Gasteiger charge is -2.26. The summed E-state index contributed by atoms with van der Waals surface area (Å²) in [7, 11) is 1.55. The minimum atomic E-state index is -0.750. The van der Waals surface area contributed by atoms with Crippen LogP contribution >= 0.6 is 23.2 Å². The van der Waals surface area contributed by atoms with Crippen LogP contribution in [-0.2, 0) is 18.1 Å². The maximum Gasteiger partial charge on any atom is 0.335 e. The first-order valence-electron chi connectivity index (χ1n) is 10.0. The summed E-state index contributed by atoms with van der Waals surface area (Å²) in [5.74, 6) is 1.58. The zero-order valence-electron chi connectivity index (χ0n) is 17.7. The molecule has 1 saturated carbocycles. The lowest BCUT2D eigenvalue weighted by Crippen LogP contribution is -2.31. The Balaban J connectivity index is 0.00000107. The highest BCUT2D eigenvalue weighted by Gasteiger charge is 2.26. The van der Waals surface area contributed by atoms with E-state index >= 15 is 0 Å². The number of nitrogens with one attached hydrogen (secondary N) is 1. The first-order chi connectivity index (χ1) is 14.9. The molecule has 0 radical (unpaired) electrons. The van der Waals surface area contributed by atoms with Gasteiger partial charge in [0.25, 0.3) is 5.91 Å². The molecule has 0 spiro atoms. The van der Waals surface area contributed by atoms with Gasteiger partial charge in [-0.05, 0) is 31.6 Å². The molecule has 8 nitrogen and oxygen atoms in total. The summed E-state index contributed by atoms with van der Waals surface area (Å²) in [4.78, 5) is 16.9. The Labute approximate surface area is 195 Å². The van der Waals surface area contributed by atoms with E-state index in [1.54, 1.807) is 24.1 Å². The van der Waals surface area contributed by atoms with Gasteiger partial charge in [-0.2, -0.15) is 13.5 Å². The highest BCUT2D eigenvalue weighted by Crippen LogP contribution is 2.37. The number of pyridine rings is 1. The number of ether oxygens (including phenoxy) is 1. The smallest absolute Gasteiger partial charge is 0.335 e. The number of hydrogen-bond acceptors (Lipinski definition) is 6. The number of aryl methyl sites for hydroxylation is 1. The SMILES string of the molecule is CCn1nc(C(=O)NCC2CCC(C)CC2)c(Cl)c1-c1cnc(Cl)cc1OC.O=S=O. The first-order valence-corrected chi connectivity index (χ1v) is 11.4. The monoisotopic (exact) mass is 488 g/mol. The van der Waals surface area contributed by atoms with Crippen molar-refractivity contribution in [3.05, 3.63) is 28.1 Å². The molecule has 0 unspecified atom stereocenters. The summed E-state index contributed by atoms with van der Waals surface area (Å²) in [5.41, 5.74) is 1.47. The van der Waals surface area contributed by atoms with E-state index in [4.69, 9.17) is 36.4 Å². The molecule has 2 aromatic heterocycles. The molecular weight excluding hydrogens is 463 g/mol. The van der Waals surface area contributed by atoms with Crippen LogP contribution in [0.4, 0.5) is 0 Å². The van der Waals surface area contributed by atoms with Gasteiger partial charge in [0.05, 0.1) is 23.4 Å². The van der Waals surface area contributed by atoms with Gasteiger partial charge >= 0.3 is 11.6 Å². The lowest BCUT2D eigenvalue weighted by molar-refractivity contribution is 0.0936. The quantitative estimate of drug-likeness (QED) is 0.611. The second kappa shape index (κ2) is 12.2. The Bertz CT molecular complexity index is 940. The van der Waals surface area contributed by atoms with Crippen molar-refractivity contribution in [3.63, 3.8) is 0 Å². The van der Waals surface area contributed by atoms with Crippen LogP contribution in [0.5, 0.6) is 5.75 Å². The van der Waals surface area contributed by atoms with E-state index < -0.39 is 11.6 Å². The number of amides is 1. The Morgan fingerprint density at radius 1 is 1.29 bits per heavy atom. The van der Waals surface area contributed by atoms with Crippen LogP contribution in [0.15, 0.2) is 12.3 Å². The molecule has 1 aliphatic rings. The van der Waals surface area contributed by atoms with Crippen molar-refractivity contribution in [1.29, 1.82) is 0 Å². The predicted molar refractivity (Wildman–Crippen MR) is 120 cm³/mol. The van der Waals surface area contributed by atoms with E-state index in [0.29, 0.717) is 46.2 Å². The normalized spacial score (nSPS) is 18.0. The van der Waals surface area contributed by atoms with Crippen molar-refractivity contribution in [1.82, 2.24) is 20.1 Å². The largest absolute Gasteiger partial charge is 0.496 e. The summed E-state index contributed by atoms with van der Waals surface area (Å²) in [6.45, 7) is 5.43. The lowest BCUT2D eigenvalue weighted by atomic mass is 9.83. The summed E-state index contributed by atoms with van der Waals surface area (Å²) < 4.78 is 23.7. The number of methoxy groups -OCH3 is 1. The van der Waals surface area contributed by atoms with E-state index in [-0.39, 0.29) is 11.6 Å². The number of carbonyl (C=O) groups is 1. The van der Waals surface area contributed by atoms with Gasteiger partial charge in [-0.15, -0.1) is 0 Å². The van der Waals surface area contributed by atoms with Gasteiger partial charge in [0.1, 0.15) is 10.9 Å². The van der Waals surface area contributed by atoms with Crippen LogP contribution in [0.2, 0.25) is 10.2 Å². The minimum Gasteiger partial charge on any atom is -0.496 e. The molecule has 1 fully saturated rings.